The Hall–Kier alpha value is -1.88. The minimum Gasteiger partial charge on any atom is -0.493 e. The largest absolute Gasteiger partial charge is 0.493 e. The molecule has 1 unspecified atom stereocenters. The molecule has 122 valence electrons. The van der Waals surface area contributed by atoms with Gasteiger partial charge < -0.3 is 9.15 Å². The van der Waals surface area contributed by atoms with Crippen LogP contribution in [0.25, 0.3) is 0 Å². The van der Waals surface area contributed by atoms with Crippen LogP contribution in [0, 0.1) is 5.92 Å². The number of piperidine rings is 1. The molecule has 1 aliphatic heterocycles. The van der Waals surface area contributed by atoms with Gasteiger partial charge in [0, 0.05) is 18.4 Å². The van der Waals surface area contributed by atoms with E-state index in [0.717, 1.165) is 43.8 Å². The first kappa shape index (κ1) is 14.7. The molecule has 2 fully saturated rings. The number of ether oxygens (including phenoxy) is 1. The lowest BCUT2D eigenvalue weighted by Crippen LogP contribution is -2.37. The van der Waals surface area contributed by atoms with Crippen molar-refractivity contribution in [2.45, 2.75) is 38.1 Å². The number of nitrogens with zero attached hydrogens (tertiary/aromatic N) is 3. The van der Waals surface area contributed by atoms with Crippen molar-refractivity contribution in [2.24, 2.45) is 5.92 Å². The molecule has 0 spiro atoms. The predicted octanol–water partition coefficient (Wildman–Crippen LogP) is 3.24. The molecule has 0 N–H and O–H groups in total. The molecular formula is C18H23N3O2. The van der Waals surface area contributed by atoms with Crippen molar-refractivity contribution in [3.63, 3.8) is 0 Å². The van der Waals surface area contributed by atoms with Crippen LogP contribution in [-0.4, -0.2) is 34.8 Å². The van der Waals surface area contributed by atoms with E-state index in [1.54, 1.807) is 0 Å². The smallest absolute Gasteiger partial charge is 0.230 e. The minimum atomic E-state index is 0.532. The first-order valence-corrected chi connectivity index (χ1v) is 8.59. The van der Waals surface area contributed by atoms with Gasteiger partial charge in [-0.3, -0.25) is 4.90 Å². The predicted molar refractivity (Wildman–Crippen MR) is 86.2 cm³/mol. The summed E-state index contributed by atoms with van der Waals surface area (Å²) >= 11 is 0. The molecule has 1 atom stereocenters. The van der Waals surface area contributed by atoms with E-state index in [4.69, 9.17) is 9.15 Å². The summed E-state index contributed by atoms with van der Waals surface area (Å²) in [6.07, 6.45) is 4.82. The molecule has 0 bridgehead atoms. The number of benzene rings is 1. The Morgan fingerprint density at radius 3 is 2.83 bits per heavy atom. The van der Waals surface area contributed by atoms with Crippen molar-refractivity contribution in [3.8, 4) is 5.75 Å². The Morgan fingerprint density at radius 1 is 1.13 bits per heavy atom. The summed E-state index contributed by atoms with van der Waals surface area (Å²) in [4.78, 5) is 2.41. The van der Waals surface area contributed by atoms with Crippen LogP contribution < -0.4 is 4.74 Å². The van der Waals surface area contributed by atoms with Crippen LogP contribution in [-0.2, 0) is 6.54 Å². The zero-order valence-corrected chi connectivity index (χ0v) is 13.4. The zero-order valence-electron chi connectivity index (χ0n) is 13.4. The lowest BCUT2D eigenvalue weighted by Gasteiger charge is -2.31. The second-order valence-electron chi connectivity index (χ2n) is 6.68. The highest BCUT2D eigenvalue weighted by Crippen LogP contribution is 2.39. The molecule has 1 aromatic carbocycles. The van der Waals surface area contributed by atoms with Gasteiger partial charge in [-0.25, -0.2) is 0 Å². The molecule has 1 aromatic heterocycles. The second kappa shape index (κ2) is 6.71. The van der Waals surface area contributed by atoms with Crippen LogP contribution in [0.1, 0.15) is 43.4 Å². The van der Waals surface area contributed by atoms with Crippen LogP contribution in [0.15, 0.2) is 34.7 Å². The fraction of sp³-hybridized carbons (Fsp3) is 0.556. The zero-order chi connectivity index (χ0) is 15.5. The van der Waals surface area contributed by atoms with Gasteiger partial charge in [-0.1, -0.05) is 18.2 Å². The van der Waals surface area contributed by atoms with Crippen molar-refractivity contribution >= 4 is 0 Å². The van der Waals surface area contributed by atoms with Crippen LogP contribution >= 0.6 is 0 Å². The maximum absolute atomic E-state index is 5.91. The van der Waals surface area contributed by atoms with E-state index in [0.29, 0.717) is 11.8 Å². The molecule has 4 rings (SSSR count). The fourth-order valence-electron chi connectivity index (χ4n) is 3.18. The van der Waals surface area contributed by atoms with E-state index < -0.39 is 0 Å². The summed E-state index contributed by atoms with van der Waals surface area (Å²) in [6, 6.07) is 10.1. The molecule has 2 aromatic rings. The summed E-state index contributed by atoms with van der Waals surface area (Å²) in [5.41, 5.74) is 0. The summed E-state index contributed by atoms with van der Waals surface area (Å²) in [5, 5.41) is 8.37. The molecule has 0 radical (unpaired) electrons. The van der Waals surface area contributed by atoms with Gasteiger partial charge in [0.1, 0.15) is 5.75 Å². The Labute approximate surface area is 136 Å². The quantitative estimate of drug-likeness (QED) is 0.819. The number of likely N-dealkylation sites (tertiary alicyclic amines) is 1. The molecule has 2 aliphatic rings. The maximum atomic E-state index is 5.91. The number of para-hydroxylation sites is 1. The van der Waals surface area contributed by atoms with Crippen LogP contribution in [0.3, 0.4) is 0 Å². The Balaban J connectivity index is 1.28. The lowest BCUT2D eigenvalue weighted by molar-refractivity contribution is 0.117. The summed E-state index contributed by atoms with van der Waals surface area (Å²) in [7, 11) is 0. The lowest BCUT2D eigenvalue weighted by atomic mass is 9.99. The fourth-order valence-corrected chi connectivity index (χ4v) is 3.18. The van der Waals surface area contributed by atoms with Crippen molar-refractivity contribution in [1.29, 1.82) is 0 Å². The first-order valence-electron chi connectivity index (χ1n) is 8.59. The summed E-state index contributed by atoms with van der Waals surface area (Å²) < 4.78 is 11.7. The average Bonchev–Trinajstić information content (AvgIpc) is 3.34. The second-order valence-corrected chi connectivity index (χ2v) is 6.68. The standard InChI is InChI=1S/C18H23N3O2/c1-2-6-16(7-3-1)22-13-14-5-4-10-21(11-14)12-17-19-20-18(23-17)15-8-9-15/h1-3,6-7,14-15H,4-5,8-13H2. The highest BCUT2D eigenvalue weighted by molar-refractivity contribution is 5.20. The molecule has 1 aliphatic carbocycles. The van der Waals surface area contributed by atoms with Crippen molar-refractivity contribution in [3.05, 3.63) is 42.1 Å². The summed E-state index contributed by atoms with van der Waals surface area (Å²) in [6.45, 7) is 3.68. The molecule has 5 nitrogen and oxygen atoms in total. The first-order chi connectivity index (χ1) is 11.4. The summed E-state index contributed by atoms with van der Waals surface area (Å²) in [5.74, 6) is 3.65. The van der Waals surface area contributed by atoms with Crippen molar-refractivity contribution in [1.82, 2.24) is 15.1 Å². The third-order valence-corrected chi connectivity index (χ3v) is 4.60. The van der Waals surface area contributed by atoms with Crippen molar-refractivity contribution in [2.75, 3.05) is 19.7 Å². The third-order valence-electron chi connectivity index (χ3n) is 4.60. The van der Waals surface area contributed by atoms with Gasteiger partial charge in [-0.15, -0.1) is 10.2 Å². The number of hydrogen-bond donors (Lipinski definition) is 0. The van der Waals surface area contributed by atoms with Gasteiger partial charge in [0.25, 0.3) is 0 Å². The number of hydrogen-bond acceptors (Lipinski definition) is 5. The Bertz CT molecular complexity index is 624. The molecule has 1 saturated carbocycles. The Morgan fingerprint density at radius 2 is 2.00 bits per heavy atom. The topological polar surface area (TPSA) is 51.4 Å². The van der Waals surface area contributed by atoms with Crippen LogP contribution in [0.5, 0.6) is 5.75 Å². The minimum absolute atomic E-state index is 0.532. The van der Waals surface area contributed by atoms with Crippen molar-refractivity contribution < 1.29 is 9.15 Å². The van der Waals surface area contributed by atoms with Crippen LogP contribution in [0.4, 0.5) is 0 Å². The number of aromatic nitrogens is 2. The average molecular weight is 313 g/mol. The molecule has 0 amide bonds. The monoisotopic (exact) mass is 313 g/mol. The molecule has 1 saturated heterocycles. The van der Waals surface area contributed by atoms with E-state index in [9.17, 15) is 0 Å². The van der Waals surface area contributed by atoms with E-state index in [2.05, 4.69) is 15.1 Å². The molecule has 23 heavy (non-hydrogen) atoms. The van der Waals surface area contributed by atoms with Gasteiger partial charge >= 0.3 is 0 Å². The van der Waals surface area contributed by atoms with E-state index in [1.807, 2.05) is 30.3 Å². The van der Waals surface area contributed by atoms with Gasteiger partial charge in [0.05, 0.1) is 13.2 Å². The van der Waals surface area contributed by atoms with Gasteiger partial charge in [0.15, 0.2) is 0 Å². The molecule has 2 heterocycles. The Kier molecular flexibility index (Phi) is 4.28. The van der Waals surface area contributed by atoms with E-state index in [-0.39, 0.29) is 0 Å². The van der Waals surface area contributed by atoms with Gasteiger partial charge in [-0.05, 0) is 44.4 Å². The highest BCUT2D eigenvalue weighted by atomic mass is 16.5. The van der Waals surface area contributed by atoms with E-state index >= 15 is 0 Å². The van der Waals surface area contributed by atoms with Gasteiger partial charge in [0.2, 0.25) is 11.8 Å². The van der Waals surface area contributed by atoms with Gasteiger partial charge in [-0.2, -0.15) is 0 Å². The van der Waals surface area contributed by atoms with Crippen LogP contribution in [0.2, 0.25) is 0 Å². The SMILES string of the molecule is c1ccc(OCC2CCCN(Cc3nnc(C4CC4)o3)C2)cc1. The molecule has 5 heteroatoms. The molecular weight excluding hydrogens is 290 g/mol. The van der Waals surface area contributed by atoms with E-state index in [1.165, 1.54) is 25.7 Å². The normalized spacial score (nSPS) is 22.2. The number of rotatable bonds is 6. The maximum Gasteiger partial charge on any atom is 0.230 e. The third kappa shape index (κ3) is 3.91. The highest BCUT2D eigenvalue weighted by Gasteiger charge is 2.30.